The zero-order valence-electron chi connectivity index (χ0n) is 9.91. The fraction of sp³-hybridized carbons (Fsp3) is 0.800. The van der Waals surface area contributed by atoms with Crippen molar-refractivity contribution in [3.63, 3.8) is 0 Å². The van der Waals surface area contributed by atoms with Gasteiger partial charge in [-0.3, -0.25) is 9.69 Å². The van der Waals surface area contributed by atoms with E-state index in [1.165, 1.54) is 0 Å². The third kappa shape index (κ3) is 5.09. The third-order valence-corrected chi connectivity index (χ3v) is 2.61. The van der Waals surface area contributed by atoms with Gasteiger partial charge in [-0.05, 0) is 20.8 Å². The molecule has 0 aromatic heterocycles. The molecule has 3 N–H and O–H groups in total. The van der Waals surface area contributed by atoms with Gasteiger partial charge < -0.3 is 11.1 Å². The monoisotopic (exact) mass is 231 g/mol. The number of hydrogen-bond acceptors (Lipinski definition) is 3. The van der Waals surface area contributed by atoms with E-state index >= 15 is 0 Å². The van der Waals surface area contributed by atoms with Crippen molar-refractivity contribution < 1.29 is 4.79 Å². The van der Waals surface area contributed by atoms with Gasteiger partial charge in [-0.15, -0.1) is 0 Å². The van der Waals surface area contributed by atoms with Crippen LogP contribution in [-0.2, 0) is 4.79 Å². The predicted octanol–water partition coefficient (Wildman–Crippen LogP) is 0.508. The van der Waals surface area contributed by atoms with Crippen molar-refractivity contribution in [2.75, 3.05) is 13.6 Å². The molecule has 0 aliphatic heterocycles. The van der Waals surface area contributed by atoms with Crippen molar-refractivity contribution in [3.8, 4) is 0 Å². The van der Waals surface area contributed by atoms with Crippen LogP contribution in [0.25, 0.3) is 0 Å². The molecule has 0 aliphatic carbocycles. The number of likely N-dealkylation sites (N-methyl/N-ethyl adjacent to an activating group) is 1. The quantitative estimate of drug-likeness (QED) is 0.654. The number of nitrogens with two attached hydrogens (primary N) is 1. The van der Waals surface area contributed by atoms with Crippen LogP contribution >= 0.6 is 12.2 Å². The van der Waals surface area contributed by atoms with E-state index in [1.54, 1.807) is 7.05 Å². The molecule has 0 aromatic carbocycles. The molecule has 0 spiro atoms. The van der Waals surface area contributed by atoms with Crippen molar-refractivity contribution in [1.82, 2.24) is 10.2 Å². The summed E-state index contributed by atoms with van der Waals surface area (Å²) in [6, 6.07) is 0.149. The molecule has 1 atom stereocenters. The van der Waals surface area contributed by atoms with Crippen LogP contribution in [0.15, 0.2) is 0 Å². The Morgan fingerprint density at radius 3 is 2.33 bits per heavy atom. The van der Waals surface area contributed by atoms with Gasteiger partial charge in [-0.2, -0.15) is 0 Å². The lowest BCUT2D eigenvalue weighted by molar-refractivity contribution is -0.126. The van der Waals surface area contributed by atoms with Gasteiger partial charge >= 0.3 is 0 Å². The maximum atomic E-state index is 11.5. The zero-order chi connectivity index (χ0) is 12.0. The summed E-state index contributed by atoms with van der Waals surface area (Å²) in [5.41, 5.74) is 5.45. The highest BCUT2D eigenvalue weighted by atomic mass is 32.1. The average Bonchev–Trinajstić information content (AvgIpc) is 2.15. The zero-order valence-corrected chi connectivity index (χ0v) is 10.7. The van der Waals surface area contributed by atoms with E-state index in [2.05, 4.69) is 24.1 Å². The van der Waals surface area contributed by atoms with Crippen molar-refractivity contribution >= 4 is 23.1 Å². The smallest absolute Gasteiger partial charge is 0.236 e. The van der Waals surface area contributed by atoms with Crippen molar-refractivity contribution in [2.24, 2.45) is 5.73 Å². The Bertz CT molecular complexity index is 231. The van der Waals surface area contributed by atoms with Crippen molar-refractivity contribution in [2.45, 2.75) is 39.3 Å². The van der Waals surface area contributed by atoms with Crippen LogP contribution in [0, 0.1) is 0 Å². The number of hydrogen-bond donors (Lipinski definition) is 2. The molecule has 0 aliphatic rings. The molecule has 0 aromatic rings. The van der Waals surface area contributed by atoms with Crippen LogP contribution < -0.4 is 11.1 Å². The number of nitrogens with zero attached hydrogens (tertiary/aromatic N) is 1. The molecule has 88 valence electrons. The molecule has 1 amide bonds. The number of rotatable bonds is 6. The number of nitrogens with one attached hydrogen (secondary N) is 1. The number of amides is 1. The summed E-state index contributed by atoms with van der Waals surface area (Å²) >= 11 is 4.83. The molecular formula is C10H21N3OS. The van der Waals surface area contributed by atoms with Crippen LogP contribution in [0.2, 0.25) is 0 Å². The second kappa shape index (κ2) is 6.74. The van der Waals surface area contributed by atoms with E-state index in [1.807, 2.05) is 6.92 Å². The molecule has 1 unspecified atom stereocenters. The summed E-state index contributed by atoms with van der Waals surface area (Å²) in [4.78, 5) is 14.1. The highest BCUT2D eigenvalue weighted by Gasteiger charge is 2.22. The van der Waals surface area contributed by atoms with E-state index in [9.17, 15) is 4.79 Å². The van der Waals surface area contributed by atoms with Gasteiger partial charge in [0.1, 0.15) is 0 Å². The molecule has 0 saturated heterocycles. The number of carbonyl (C=O) groups is 1. The first-order valence-corrected chi connectivity index (χ1v) is 5.56. The standard InChI is InChI=1S/C10H21N3OS/c1-7(2)13(6-5-9(11)15)8(3)10(14)12-4/h7-8H,5-6H2,1-4H3,(H2,11,15)(H,12,14). The van der Waals surface area contributed by atoms with E-state index in [-0.39, 0.29) is 11.9 Å². The average molecular weight is 231 g/mol. The van der Waals surface area contributed by atoms with Crippen LogP contribution in [-0.4, -0.2) is 41.5 Å². The lowest BCUT2D eigenvalue weighted by Crippen LogP contribution is -2.48. The second-order valence-corrected chi connectivity index (χ2v) is 4.36. The summed E-state index contributed by atoms with van der Waals surface area (Å²) in [7, 11) is 1.64. The van der Waals surface area contributed by atoms with Crippen LogP contribution in [0.5, 0.6) is 0 Å². The maximum absolute atomic E-state index is 11.5. The minimum absolute atomic E-state index is 0.0200. The first kappa shape index (κ1) is 14.3. The molecule has 0 bridgehead atoms. The predicted molar refractivity (Wildman–Crippen MR) is 66.8 cm³/mol. The molecule has 5 heteroatoms. The molecule has 0 heterocycles. The third-order valence-electron chi connectivity index (χ3n) is 2.40. The van der Waals surface area contributed by atoms with Gasteiger partial charge in [0.2, 0.25) is 5.91 Å². The highest BCUT2D eigenvalue weighted by Crippen LogP contribution is 2.06. The Hall–Kier alpha value is -0.680. The van der Waals surface area contributed by atoms with Gasteiger partial charge in [0.25, 0.3) is 0 Å². The summed E-state index contributed by atoms with van der Waals surface area (Å²) in [6.07, 6.45) is 0.648. The second-order valence-electron chi connectivity index (χ2n) is 3.84. The lowest BCUT2D eigenvalue weighted by atomic mass is 10.2. The normalized spacial score (nSPS) is 12.9. The largest absolute Gasteiger partial charge is 0.393 e. The molecular weight excluding hydrogens is 210 g/mol. The Morgan fingerprint density at radius 2 is 2.00 bits per heavy atom. The Labute approximate surface area is 97.2 Å². The van der Waals surface area contributed by atoms with Crippen LogP contribution in [0.3, 0.4) is 0 Å². The summed E-state index contributed by atoms with van der Waals surface area (Å²) < 4.78 is 0. The molecule has 0 rings (SSSR count). The van der Waals surface area contributed by atoms with E-state index in [0.29, 0.717) is 17.5 Å². The minimum atomic E-state index is -0.149. The van der Waals surface area contributed by atoms with E-state index in [4.69, 9.17) is 18.0 Å². The van der Waals surface area contributed by atoms with Gasteiger partial charge in [0, 0.05) is 26.1 Å². The van der Waals surface area contributed by atoms with Crippen molar-refractivity contribution in [3.05, 3.63) is 0 Å². The number of thiocarbonyl (C=S) groups is 1. The Balaban J connectivity index is 4.38. The van der Waals surface area contributed by atoms with Gasteiger partial charge in [-0.25, -0.2) is 0 Å². The summed E-state index contributed by atoms with van der Waals surface area (Å²) in [5.74, 6) is 0.0200. The van der Waals surface area contributed by atoms with Crippen LogP contribution in [0.1, 0.15) is 27.2 Å². The fourth-order valence-electron chi connectivity index (χ4n) is 1.50. The molecule has 0 saturated carbocycles. The highest BCUT2D eigenvalue weighted by molar-refractivity contribution is 7.80. The van der Waals surface area contributed by atoms with E-state index < -0.39 is 0 Å². The lowest BCUT2D eigenvalue weighted by Gasteiger charge is -2.31. The summed E-state index contributed by atoms with van der Waals surface area (Å²) in [6.45, 7) is 6.72. The van der Waals surface area contributed by atoms with Gasteiger partial charge in [0.05, 0.1) is 11.0 Å². The number of carbonyl (C=O) groups excluding carboxylic acids is 1. The Morgan fingerprint density at radius 1 is 1.47 bits per heavy atom. The molecule has 4 nitrogen and oxygen atoms in total. The summed E-state index contributed by atoms with van der Waals surface area (Å²) in [5, 5.41) is 2.64. The minimum Gasteiger partial charge on any atom is -0.393 e. The first-order chi connectivity index (χ1) is 6.90. The van der Waals surface area contributed by atoms with Crippen molar-refractivity contribution in [1.29, 1.82) is 0 Å². The molecule has 15 heavy (non-hydrogen) atoms. The topological polar surface area (TPSA) is 58.4 Å². The molecule has 0 radical (unpaired) electrons. The SMILES string of the molecule is CNC(=O)C(C)N(CCC(N)=S)C(C)C. The van der Waals surface area contributed by atoms with Gasteiger partial charge in [-0.1, -0.05) is 12.2 Å². The van der Waals surface area contributed by atoms with Gasteiger partial charge in [0.15, 0.2) is 0 Å². The van der Waals surface area contributed by atoms with Crippen LogP contribution in [0.4, 0.5) is 0 Å². The fourth-order valence-corrected chi connectivity index (χ4v) is 1.59. The molecule has 0 fully saturated rings. The maximum Gasteiger partial charge on any atom is 0.236 e. The Kier molecular flexibility index (Phi) is 6.43. The van der Waals surface area contributed by atoms with E-state index in [0.717, 1.165) is 6.54 Å². The first-order valence-electron chi connectivity index (χ1n) is 5.15.